The Balaban J connectivity index is 1.44. The number of fused-ring (bicyclic) bond motifs is 1. The summed E-state index contributed by atoms with van der Waals surface area (Å²) in [5.74, 6) is -1.35. The summed E-state index contributed by atoms with van der Waals surface area (Å²) in [6.45, 7) is 3.42. The van der Waals surface area contributed by atoms with Crippen molar-refractivity contribution < 1.29 is 26.5 Å². The molecule has 184 valence electrons. The van der Waals surface area contributed by atoms with Crippen LogP contribution >= 0.6 is 11.6 Å². The van der Waals surface area contributed by atoms with E-state index in [-0.39, 0.29) is 28.5 Å². The topological polar surface area (TPSA) is 105 Å². The van der Waals surface area contributed by atoms with Gasteiger partial charge in [-0.3, -0.25) is 4.57 Å². The fourth-order valence-electron chi connectivity index (χ4n) is 3.71. The number of carbonyl (C=O) groups excluding carboxylic acids is 2. The van der Waals surface area contributed by atoms with E-state index < -0.39 is 36.7 Å². The molecule has 0 spiro atoms. The van der Waals surface area contributed by atoms with E-state index in [1.54, 1.807) is 48.5 Å². The lowest BCUT2D eigenvalue weighted by Gasteiger charge is -2.19. The van der Waals surface area contributed by atoms with Gasteiger partial charge in [0.05, 0.1) is 17.5 Å². The first kappa shape index (κ1) is 21.5. The van der Waals surface area contributed by atoms with Gasteiger partial charge in [0.2, 0.25) is 0 Å². The number of hydrogen-bond acceptors (Lipinski definition) is 8. The third-order valence-electron chi connectivity index (χ3n) is 5.70. The third kappa shape index (κ3) is 4.93. The van der Waals surface area contributed by atoms with Crippen LogP contribution in [-0.2, 0) is 14.2 Å². The predicted molar refractivity (Wildman–Crippen MR) is 131 cm³/mol. The molecule has 0 N–H and O–H groups in total. The van der Waals surface area contributed by atoms with Crippen LogP contribution in [0, 0.1) is 13.8 Å². The van der Waals surface area contributed by atoms with E-state index in [0.717, 1.165) is 11.1 Å². The van der Waals surface area contributed by atoms with Gasteiger partial charge in [-0.1, -0.05) is 47.0 Å². The molecular weight excluding hydrogens is 484 g/mol. The van der Waals surface area contributed by atoms with E-state index >= 15 is 0 Å². The smallest absolute Gasteiger partial charge is 0.338 e. The summed E-state index contributed by atoms with van der Waals surface area (Å²) in [5, 5.41) is 0.0956. The van der Waals surface area contributed by atoms with Crippen LogP contribution in [0.15, 0.2) is 61.2 Å². The Labute approximate surface area is 214 Å². The van der Waals surface area contributed by atoms with Crippen molar-refractivity contribution in [3.8, 4) is 0 Å². The van der Waals surface area contributed by atoms with E-state index in [1.165, 1.54) is 17.2 Å². The summed E-state index contributed by atoms with van der Waals surface area (Å²) >= 11 is 6.12. The number of ether oxygens (including phenoxy) is 3. The van der Waals surface area contributed by atoms with Crippen molar-refractivity contribution in [2.24, 2.45) is 0 Å². The van der Waals surface area contributed by atoms with Crippen LogP contribution in [0.4, 0.5) is 0 Å². The summed E-state index contributed by atoms with van der Waals surface area (Å²) < 4.78 is 36.3. The fraction of sp³-hybridized carbons (Fsp3) is 0.269. The second-order valence-corrected chi connectivity index (χ2v) is 8.70. The molecular formula is C26H23ClN4O5. The van der Waals surface area contributed by atoms with E-state index in [4.69, 9.17) is 28.6 Å². The van der Waals surface area contributed by atoms with Gasteiger partial charge >= 0.3 is 11.9 Å². The number of rotatable bonds is 6. The average Bonchev–Trinajstić information content (AvgIpc) is 3.42. The van der Waals surface area contributed by atoms with Crippen molar-refractivity contribution in [3.05, 3.63) is 88.6 Å². The van der Waals surface area contributed by atoms with Crippen molar-refractivity contribution in [1.29, 1.82) is 0 Å². The maximum Gasteiger partial charge on any atom is 0.338 e. The predicted octanol–water partition coefficient (Wildman–Crippen LogP) is 4.47. The molecule has 3 atom stereocenters. The van der Waals surface area contributed by atoms with Gasteiger partial charge in [0.15, 0.2) is 10.8 Å². The van der Waals surface area contributed by atoms with Crippen molar-refractivity contribution in [2.75, 3.05) is 6.61 Å². The molecule has 0 aliphatic carbocycles. The number of benzene rings is 2. The number of nitrogens with zero attached hydrogens (tertiary/aromatic N) is 4. The highest BCUT2D eigenvalue weighted by Crippen LogP contribution is 2.34. The lowest BCUT2D eigenvalue weighted by molar-refractivity contribution is -0.0563. The Kier molecular flexibility index (Phi) is 5.99. The Morgan fingerprint density at radius 2 is 1.67 bits per heavy atom. The molecule has 9 nitrogen and oxygen atoms in total. The van der Waals surface area contributed by atoms with Gasteiger partial charge in [-0.25, -0.2) is 24.5 Å². The number of hydrogen-bond donors (Lipinski definition) is 0. The van der Waals surface area contributed by atoms with Crippen LogP contribution < -0.4 is 0 Å². The number of carbonyl (C=O) groups is 2. The van der Waals surface area contributed by atoms with Gasteiger partial charge in [-0.2, -0.15) is 0 Å². The summed E-state index contributed by atoms with van der Waals surface area (Å²) in [5.41, 5.74) is 3.01. The third-order valence-corrected chi connectivity index (χ3v) is 5.98. The average molecular weight is 509 g/mol. The van der Waals surface area contributed by atoms with Crippen LogP contribution in [0.1, 0.15) is 47.2 Å². The minimum Gasteiger partial charge on any atom is -0.459 e. The van der Waals surface area contributed by atoms with Crippen LogP contribution in [0.2, 0.25) is 5.15 Å². The maximum absolute atomic E-state index is 13.0. The zero-order valence-electron chi connectivity index (χ0n) is 21.4. The number of esters is 2. The molecule has 5 rings (SSSR count). The highest BCUT2D eigenvalue weighted by Gasteiger charge is 2.40. The summed E-state index contributed by atoms with van der Waals surface area (Å²) in [4.78, 5) is 37.9. The van der Waals surface area contributed by atoms with Gasteiger partial charge < -0.3 is 14.2 Å². The van der Waals surface area contributed by atoms with Gasteiger partial charge in [-0.15, -0.1) is 0 Å². The molecule has 1 aliphatic heterocycles. The Morgan fingerprint density at radius 1 is 1.03 bits per heavy atom. The minimum atomic E-state index is -2.27. The van der Waals surface area contributed by atoms with Crippen LogP contribution in [0.3, 0.4) is 0 Å². The molecule has 1 saturated heterocycles. The number of aryl methyl sites for hydroxylation is 2. The van der Waals surface area contributed by atoms with Crippen LogP contribution in [0.5, 0.6) is 0 Å². The first-order chi connectivity index (χ1) is 18.1. The second-order valence-electron chi connectivity index (χ2n) is 8.34. The van der Waals surface area contributed by atoms with Gasteiger partial charge in [-0.05, 0) is 38.1 Å². The monoisotopic (exact) mass is 508 g/mol. The normalized spacial score (nSPS) is 21.6. The number of aromatic nitrogens is 4. The van der Waals surface area contributed by atoms with Gasteiger partial charge in [0.1, 0.15) is 36.9 Å². The fourth-order valence-corrected chi connectivity index (χ4v) is 3.88. The summed E-state index contributed by atoms with van der Waals surface area (Å²) in [6, 6.07) is 13.5. The Hall–Kier alpha value is -3.82. The molecule has 2 aromatic heterocycles. The molecule has 0 bridgehead atoms. The van der Waals surface area contributed by atoms with E-state index in [2.05, 4.69) is 15.0 Å². The number of imidazole rings is 1. The Morgan fingerprint density at radius 3 is 2.33 bits per heavy atom. The SMILES string of the molecule is [2H]C1([2H])[C@H](OC(=O)c2ccc(C)cc2)[C@@H](COC(=O)c2ccc(C)cc2)O[C@H]1n1cnc2c(Cl)ncnc21. The van der Waals surface area contributed by atoms with E-state index in [1.807, 2.05) is 13.8 Å². The Bertz CT molecular complexity index is 1490. The molecule has 10 heteroatoms. The summed E-state index contributed by atoms with van der Waals surface area (Å²) in [6.07, 6.45) is -3.60. The van der Waals surface area contributed by atoms with Gasteiger partial charge in [0, 0.05) is 9.11 Å². The molecule has 36 heavy (non-hydrogen) atoms. The van der Waals surface area contributed by atoms with Crippen LogP contribution in [0.25, 0.3) is 11.2 Å². The summed E-state index contributed by atoms with van der Waals surface area (Å²) in [7, 11) is 0. The van der Waals surface area contributed by atoms with E-state index in [0.29, 0.717) is 5.56 Å². The first-order valence-corrected chi connectivity index (χ1v) is 11.5. The van der Waals surface area contributed by atoms with Crippen molar-refractivity contribution in [1.82, 2.24) is 19.5 Å². The zero-order chi connectivity index (χ0) is 27.0. The molecule has 0 unspecified atom stereocenters. The molecule has 0 amide bonds. The maximum atomic E-state index is 13.0. The second kappa shape index (κ2) is 10.0. The molecule has 0 saturated carbocycles. The molecule has 2 aromatic carbocycles. The largest absolute Gasteiger partial charge is 0.459 e. The molecule has 3 heterocycles. The highest BCUT2D eigenvalue weighted by molar-refractivity contribution is 6.33. The minimum absolute atomic E-state index is 0.0956. The quantitative estimate of drug-likeness (QED) is 0.277. The van der Waals surface area contributed by atoms with E-state index in [9.17, 15) is 9.59 Å². The zero-order valence-corrected chi connectivity index (χ0v) is 20.2. The lowest BCUT2D eigenvalue weighted by atomic mass is 10.1. The molecule has 1 fully saturated rings. The van der Waals surface area contributed by atoms with Crippen molar-refractivity contribution >= 4 is 34.7 Å². The van der Waals surface area contributed by atoms with Crippen LogP contribution in [-0.4, -0.2) is 50.3 Å². The highest BCUT2D eigenvalue weighted by atomic mass is 35.5. The van der Waals surface area contributed by atoms with Crippen molar-refractivity contribution in [2.45, 2.75) is 38.7 Å². The molecule has 1 aliphatic rings. The lowest BCUT2D eigenvalue weighted by Crippen LogP contribution is -2.32. The first-order valence-electron chi connectivity index (χ1n) is 12.1. The standard InChI is InChI=1S/C26H23ClN4O5/c1-15-3-7-17(8-4-15)25(32)34-12-20-19(36-26(33)18-9-5-16(2)6-10-18)11-21(35-20)31-14-30-22-23(27)28-13-29-24(22)31/h3-10,13-14,19-21H,11-12H2,1-2H3/t19-,20+,21+/m0/s1/i11D2. The molecule has 4 aromatic rings. The number of halogens is 1. The van der Waals surface area contributed by atoms with Gasteiger partial charge in [0.25, 0.3) is 0 Å². The van der Waals surface area contributed by atoms with Crippen molar-refractivity contribution in [3.63, 3.8) is 0 Å². The molecule has 0 radical (unpaired) electrons.